The summed E-state index contributed by atoms with van der Waals surface area (Å²) in [7, 11) is 1.17. The third-order valence-corrected chi connectivity index (χ3v) is 12.5. The number of allylic oxidation sites excluding steroid dienone is 2. The van der Waals surface area contributed by atoms with Crippen LogP contribution in [0.4, 0.5) is 0 Å². The van der Waals surface area contributed by atoms with E-state index in [9.17, 15) is 19.0 Å². The number of carbonyl (C=O) groups excluding carboxylic acids is 2. The van der Waals surface area contributed by atoms with Gasteiger partial charge in [0.1, 0.15) is 19.8 Å². The van der Waals surface area contributed by atoms with Gasteiger partial charge >= 0.3 is 11.9 Å². The van der Waals surface area contributed by atoms with E-state index in [-0.39, 0.29) is 26.1 Å². The average molecular weight is 886 g/mol. The number of unbranched alkanes of at least 4 members (excludes halogenated alkanes) is 32. The predicted molar refractivity (Wildman–Crippen MR) is 255 cm³/mol. The highest BCUT2D eigenvalue weighted by Gasteiger charge is 2.21. The Balaban J connectivity index is 4.19. The molecule has 0 aromatic heterocycles. The summed E-state index contributed by atoms with van der Waals surface area (Å²) in [5.41, 5.74) is 0. The molecule has 10 heteroatoms. The van der Waals surface area contributed by atoms with Crippen LogP contribution >= 0.6 is 7.82 Å². The van der Waals surface area contributed by atoms with Crippen molar-refractivity contribution in [2.75, 3.05) is 47.5 Å². The van der Waals surface area contributed by atoms with Crippen LogP contribution in [-0.4, -0.2) is 70.0 Å². The van der Waals surface area contributed by atoms with Gasteiger partial charge in [-0.1, -0.05) is 219 Å². The molecule has 0 saturated heterocycles. The van der Waals surface area contributed by atoms with E-state index in [2.05, 4.69) is 26.0 Å². The number of hydrogen-bond donors (Lipinski definition) is 0. The van der Waals surface area contributed by atoms with Gasteiger partial charge in [-0.3, -0.25) is 14.2 Å². The van der Waals surface area contributed by atoms with Crippen LogP contribution in [-0.2, 0) is 32.7 Å². The molecule has 1 unspecified atom stereocenters. The lowest BCUT2D eigenvalue weighted by atomic mass is 10.0. The minimum atomic E-state index is -4.63. The smallest absolute Gasteiger partial charge is 0.306 e. The maximum atomic E-state index is 12.7. The van der Waals surface area contributed by atoms with E-state index in [0.29, 0.717) is 23.9 Å². The van der Waals surface area contributed by atoms with Crippen molar-refractivity contribution in [1.82, 2.24) is 0 Å². The molecule has 2 atom stereocenters. The van der Waals surface area contributed by atoms with Gasteiger partial charge < -0.3 is 27.9 Å². The van der Waals surface area contributed by atoms with Crippen molar-refractivity contribution in [2.24, 2.45) is 0 Å². The molecule has 0 fully saturated rings. The van der Waals surface area contributed by atoms with Gasteiger partial charge in [0, 0.05) is 12.8 Å². The van der Waals surface area contributed by atoms with Gasteiger partial charge in [0.2, 0.25) is 0 Å². The number of phosphoric acid groups is 1. The van der Waals surface area contributed by atoms with Gasteiger partial charge in [0.25, 0.3) is 7.82 Å². The minimum Gasteiger partial charge on any atom is -0.756 e. The normalized spacial score (nSPS) is 13.5. The molecule has 0 amide bonds. The molecular weight excluding hydrogens is 786 g/mol. The number of hydrogen-bond acceptors (Lipinski definition) is 8. The lowest BCUT2D eigenvalue weighted by Gasteiger charge is -2.28. The van der Waals surface area contributed by atoms with Crippen LogP contribution in [0.1, 0.15) is 251 Å². The van der Waals surface area contributed by atoms with Crippen molar-refractivity contribution in [3.63, 3.8) is 0 Å². The van der Waals surface area contributed by atoms with E-state index in [1.165, 1.54) is 186 Å². The first-order chi connectivity index (χ1) is 29.5. The second-order valence-corrected chi connectivity index (χ2v) is 20.3. The Hall–Kier alpha value is -1.25. The molecule has 0 bridgehead atoms. The molecule has 0 spiro atoms. The third kappa shape index (κ3) is 48.1. The van der Waals surface area contributed by atoms with E-state index in [1.807, 2.05) is 21.1 Å². The highest BCUT2D eigenvalue weighted by Crippen LogP contribution is 2.38. The van der Waals surface area contributed by atoms with Crippen molar-refractivity contribution in [3.8, 4) is 0 Å². The molecule has 0 aromatic carbocycles. The van der Waals surface area contributed by atoms with Crippen molar-refractivity contribution in [3.05, 3.63) is 12.2 Å². The molecular formula is C51H100NO8P. The van der Waals surface area contributed by atoms with Crippen molar-refractivity contribution < 1.29 is 42.1 Å². The van der Waals surface area contributed by atoms with E-state index in [4.69, 9.17) is 18.5 Å². The Bertz CT molecular complexity index is 1050. The van der Waals surface area contributed by atoms with E-state index < -0.39 is 32.5 Å². The number of ether oxygens (including phenoxy) is 2. The van der Waals surface area contributed by atoms with Crippen molar-refractivity contribution >= 4 is 19.8 Å². The quantitative estimate of drug-likeness (QED) is 0.0195. The molecule has 0 heterocycles. The Labute approximate surface area is 377 Å². The Morgan fingerprint density at radius 2 is 0.852 bits per heavy atom. The largest absolute Gasteiger partial charge is 0.756 e. The summed E-state index contributed by atoms with van der Waals surface area (Å²) in [5, 5.41) is 0. The third-order valence-electron chi connectivity index (χ3n) is 11.5. The molecule has 9 nitrogen and oxygen atoms in total. The first-order valence-corrected chi connectivity index (χ1v) is 27.4. The summed E-state index contributed by atoms with van der Waals surface area (Å²) in [6.45, 7) is 4.25. The lowest BCUT2D eigenvalue weighted by Crippen LogP contribution is -2.37. The van der Waals surface area contributed by atoms with Gasteiger partial charge in [-0.15, -0.1) is 0 Å². The monoisotopic (exact) mass is 886 g/mol. The zero-order valence-corrected chi connectivity index (χ0v) is 41.8. The molecule has 0 aliphatic rings. The molecule has 0 radical (unpaired) electrons. The predicted octanol–water partition coefficient (Wildman–Crippen LogP) is 14.7. The maximum Gasteiger partial charge on any atom is 0.306 e. The molecule has 362 valence electrons. The van der Waals surface area contributed by atoms with Crippen LogP contribution < -0.4 is 4.89 Å². The van der Waals surface area contributed by atoms with E-state index in [1.54, 1.807) is 0 Å². The van der Waals surface area contributed by atoms with E-state index in [0.717, 1.165) is 25.7 Å². The number of esters is 2. The summed E-state index contributed by atoms with van der Waals surface area (Å²) in [6.07, 6.45) is 48.3. The standard InChI is InChI=1S/C51H100NO8P/c1-6-8-10-12-14-16-18-20-22-23-24-25-26-27-28-29-30-32-33-35-37-39-41-43-50(53)57-47-49(48-59-61(55,56)58-46-45-52(3,4)5)60-51(54)44-42-40-38-36-34-31-21-19-17-15-13-11-9-7-2/h35,37,49H,6-34,36,38-48H2,1-5H3/b37-35+/t49-/m0/s1. The highest BCUT2D eigenvalue weighted by molar-refractivity contribution is 7.45. The molecule has 0 aliphatic carbocycles. The summed E-state index contributed by atoms with van der Waals surface area (Å²) < 4.78 is 34.0. The number of quaternary nitrogens is 1. The maximum absolute atomic E-state index is 12.7. The topological polar surface area (TPSA) is 111 Å². The zero-order chi connectivity index (χ0) is 45.0. The zero-order valence-electron chi connectivity index (χ0n) is 40.9. The van der Waals surface area contributed by atoms with Gasteiger partial charge in [-0.2, -0.15) is 0 Å². The van der Waals surface area contributed by atoms with Crippen LogP contribution in [0.15, 0.2) is 12.2 Å². The first kappa shape index (κ1) is 59.8. The molecule has 0 N–H and O–H groups in total. The number of rotatable bonds is 48. The number of likely N-dealkylation sites (N-methyl/N-ethyl adjacent to an activating group) is 1. The fourth-order valence-corrected chi connectivity index (χ4v) is 8.21. The molecule has 0 aromatic rings. The second-order valence-electron chi connectivity index (χ2n) is 18.9. The molecule has 61 heavy (non-hydrogen) atoms. The number of carbonyl (C=O) groups is 2. The summed E-state index contributed by atoms with van der Waals surface area (Å²) >= 11 is 0. The Morgan fingerprint density at radius 3 is 1.26 bits per heavy atom. The first-order valence-electron chi connectivity index (χ1n) is 25.9. The highest BCUT2D eigenvalue weighted by atomic mass is 31.2. The van der Waals surface area contributed by atoms with Crippen molar-refractivity contribution in [1.29, 1.82) is 0 Å². The summed E-state index contributed by atoms with van der Waals surface area (Å²) in [6, 6.07) is 0. The van der Waals surface area contributed by atoms with Crippen molar-refractivity contribution in [2.45, 2.75) is 258 Å². The van der Waals surface area contributed by atoms with Gasteiger partial charge in [0.05, 0.1) is 27.7 Å². The molecule has 0 rings (SSSR count). The van der Waals surface area contributed by atoms with Gasteiger partial charge in [0.15, 0.2) is 6.10 Å². The number of nitrogens with zero attached hydrogens (tertiary/aromatic N) is 1. The fraction of sp³-hybridized carbons (Fsp3) is 0.922. The van der Waals surface area contributed by atoms with Crippen LogP contribution in [0, 0.1) is 0 Å². The molecule has 0 saturated carbocycles. The van der Waals surface area contributed by atoms with Gasteiger partial charge in [-0.25, -0.2) is 0 Å². The van der Waals surface area contributed by atoms with Crippen LogP contribution in [0.2, 0.25) is 0 Å². The summed E-state index contributed by atoms with van der Waals surface area (Å²) in [4.78, 5) is 37.6. The average Bonchev–Trinajstić information content (AvgIpc) is 3.21. The molecule has 0 aliphatic heterocycles. The Kier molecular flexibility index (Phi) is 43.1. The summed E-state index contributed by atoms with van der Waals surface area (Å²) in [5.74, 6) is -0.857. The lowest BCUT2D eigenvalue weighted by molar-refractivity contribution is -0.870. The van der Waals surface area contributed by atoms with Crippen LogP contribution in [0.3, 0.4) is 0 Å². The van der Waals surface area contributed by atoms with Crippen LogP contribution in [0.25, 0.3) is 0 Å². The minimum absolute atomic E-state index is 0.0309. The number of phosphoric ester groups is 1. The van der Waals surface area contributed by atoms with Gasteiger partial charge in [-0.05, 0) is 32.1 Å². The van der Waals surface area contributed by atoms with Crippen LogP contribution in [0.5, 0.6) is 0 Å². The second kappa shape index (κ2) is 44.0. The Morgan fingerprint density at radius 1 is 0.492 bits per heavy atom. The fourth-order valence-electron chi connectivity index (χ4n) is 7.48. The van der Waals surface area contributed by atoms with E-state index >= 15 is 0 Å². The SMILES string of the molecule is CCCCCCCCCCCCCCCCCCCC/C=C/CCCC(=O)OC[C@@H](COP(=O)([O-])OCC[N+](C)(C)C)OC(=O)CCCCCCCCCCCCCCCC.